The first-order valence-electron chi connectivity index (χ1n) is 3.84. The molecule has 3 N–H and O–H groups in total. The Bertz CT molecular complexity index is 198. The van der Waals surface area contributed by atoms with Gasteiger partial charge in [-0.15, -0.1) is 17.0 Å². The van der Waals surface area contributed by atoms with Crippen molar-refractivity contribution in [2.45, 2.75) is 26.3 Å². The van der Waals surface area contributed by atoms with Gasteiger partial charge in [-0.2, -0.15) is 0 Å². The maximum Gasteiger partial charge on any atom is 0.243 e. The molecule has 0 radical (unpaired) electrons. The smallest absolute Gasteiger partial charge is 0.243 e. The SMILES string of the molecule is Br.CCCC[n+]1ccn(C)c1.N. The predicted octanol–water partition coefficient (Wildman–Crippen LogP) is 1.85. The van der Waals surface area contributed by atoms with E-state index in [4.69, 9.17) is 0 Å². The van der Waals surface area contributed by atoms with Crippen LogP contribution in [-0.4, -0.2) is 4.57 Å². The normalized spacial score (nSPS) is 8.50. The van der Waals surface area contributed by atoms with E-state index in [1.807, 2.05) is 7.05 Å². The molecule has 72 valence electrons. The lowest BCUT2D eigenvalue weighted by atomic mass is 10.3. The molecule has 0 aliphatic carbocycles. The van der Waals surface area contributed by atoms with Crippen molar-refractivity contribution in [3.63, 3.8) is 0 Å². The molecule has 12 heavy (non-hydrogen) atoms. The van der Waals surface area contributed by atoms with Gasteiger partial charge in [0.05, 0.1) is 13.6 Å². The van der Waals surface area contributed by atoms with Crippen LogP contribution in [-0.2, 0) is 13.6 Å². The van der Waals surface area contributed by atoms with E-state index in [0.29, 0.717) is 0 Å². The summed E-state index contributed by atoms with van der Waals surface area (Å²) in [6.45, 7) is 3.36. The monoisotopic (exact) mass is 236 g/mol. The van der Waals surface area contributed by atoms with E-state index in [0.717, 1.165) is 6.54 Å². The topological polar surface area (TPSA) is 43.8 Å². The Balaban J connectivity index is 0. The Morgan fingerprint density at radius 3 is 2.50 bits per heavy atom. The average Bonchev–Trinajstić information content (AvgIpc) is 2.31. The van der Waals surface area contributed by atoms with Crippen LogP contribution in [0.1, 0.15) is 19.8 Å². The summed E-state index contributed by atoms with van der Waals surface area (Å²) in [6.07, 6.45) is 8.82. The number of nitrogens with zero attached hydrogens (tertiary/aromatic N) is 2. The average molecular weight is 237 g/mol. The van der Waals surface area contributed by atoms with Crippen molar-refractivity contribution < 1.29 is 4.57 Å². The standard InChI is InChI=1S/C8H15N2.BrH.H3N/c1-3-4-5-10-7-6-9(2)8-10;;/h6-8H,3-5H2,1-2H3;1H;1H3/q+1;;. The molecular formula is C8H19BrN3+. The molecule has 0 saturated carbocycles. The molecule has 0 amide bonds. The summed E-state index contributed by atoms with van der Waals surface area (Å²) in [5.41, 5.74) is 0. The van der Waals surface area contributed by atoms with Crippen molar-refractivity contribution >= 4 is 17.0 Å². The highest BCUT2D eigenvalue weighted by Crippen LogP contribution is 1.85. The molecule has 1 aromatic rings. The minimum absolute atomic E-state index is 0. The van der Waals surface area contributed by atoms with E-state index < -0.39 is 0 Å². The van der Waals surface area contributed by atoms with Gasteiger partial charge in [0.15, 0.2) is 0 Å². The second-order valence-electron chi connectivity index (χ2n) is 2.67. The summed E-state index contributed by atoms with van der Waals surface area (Å²) in [5, 5.41) is 0. The number of hydrogen-bond donors (Lipinski definition) is 1. The van der Waals surface area contributed by atoms with Crippen molar-refractivity contribution in [2.75, 3.05) is 0 Å². The molecule has 0 saturated heterocycles. The Kier molecular flexibility index (Phi) is 8.64. The van der Waals surface area contributed by atoms with Crippen LogP contribution in [0.15, 0.2) is 18.7 Å². The van der Waals surface area contributed by atoms with Crippen LogP contribution in [0.3, 0.4) is 0 Å². The number of unbranched alkanes of at least 4 members (excludes halogenated alkanes) is 1. The molecule has 0 aliphatic rings. The Morgan fingerprint density at radius 2 is 2.08 bits per heavy atom. The summed E-state index contributed by atoms with van der Waals surface area (Å²) < 4.78 is 4.28. The molecule has 0 atom stereocenters. The first-order valence-corrected chi connectivity index (χ1v) is 3.84. The maximum absolute atomic E-state index is 2.21. The molecule has 0 spiro atoms. The van der Waals surface area contributed by atoms with Crippen molar-refractivity contribution in [1.29, 1.82) is 0 Å². The molecule has 1 aromatic heterocycles. The minimum atomic E-state index is 0. The number of aromatic nitrogens is 2. The molecule has 4 heteroatoms. The van der Waals surface area contributed by atoms with E-state index in [9.17, 15) is 0 Å². The van der Waals surface area contributed by atoms with Gasteiger partial charge in [0, 0.05) is 0 Å². The van der Waals surface area contributed by atoms with Gasteiger partial charge in [0.25, 0.3) is 0 Å². The molecule has 0 fully saturated rings. The molecule has 0 unspecified atom stereocenters. The molecule has 0 aliphatic heterocycles. The summed E-state index contributed by atoms with van der Waals surface area (Å²) >= 11 is 0. The van der Waals surface area contributed by atoms with E-state index in [1.54, 1.807) is 0 Å². The molecule has 0 aromatic carbocycles. The largest absolute Gasteiger partial charge is 0.344 e. The highest BCUT2D eigenvalue weighted by molar-refractivity contribution is 8.93. The van der Waals surface area contributed by atoms with Crippen LogP contribution >= 0.6 is 17.0 Å². The lowest BCUT2D eigenvalue weighted by Crippen LogP contribution is -2.30. The van der Waals surface area contributed by atoms with Crippen molar-refractivity contribution in [2.24, 2.45) is 7.05 Å². The Labute approximate surface area is 84.8 Å². The van der Waals surface area contributed by atoms with E-state index in [2.05, 4.69) is 34.8 Å². The van der Waals surface area contributed by atoms with Gasteiger partial charge in [-0.25, -0.2) is 9.13 Å². The van der Waals surface area contributed by atoms with Crippen LogP contribution < -0.4 is 10.7 Å². The lowest BCUT2D eigenvalue weighted by Gasteiger charge is -1.90. The maximum atomic E-state index is 2.21. The lowest BCUT2D eigenvalue weighted by molar-refractivity contribution is -0.696. The first kappa shape index (κ1) is 14.2. The van der Waals surface area contributed by atoms with Crippen LogP contribution in [0.5, 0.6) is 0 Å². The van der Waals surface area contributed by atoms with Gasteiger partial charge >= 0.3 is 0 Å². The van der Waals surface area contributed by atoms with Crippen LogP contribution in [0.25, 0.3) is 0 Å². The predicted molar refractivity (Wildman–Crippen MR) is 55.9 cm³/mol. The molecule has 1 heterocycles. The second kappa shape index (κ2) is 7.31. The molecule has 0 bridgehead atoms. The molecular weight excluding hydrogens is 218 g/mol. The fourth-order valence-corrected chi connectivity index (χ4v) is 0.975. The van der Waals surface area contributed by atoms with Crippen molar-refractivity contribution in [3.05, 3.63) is 18.7 Å². The third-order valence-corrected chi connectivity index (χ3v) is 1.59. The number of halogens is 1. The van der Waals surface area contributed by atoms with Crippen LogP contribution in [0, 0.1) is 0 Å². The fourth-order valence-electron chi connectivity index (χ4n) is 0.975. The first-order chi connectivity index (χ1) is 4.83. The van der Waals surface area contributed by atoms with Crippen molar-refractivity contribution in [1.82, 2.24) is 10.7 Å². The zero-order valence-corrected chi connectivity index (χ0v) is 9.58. The number of aryl methyl sites for hydroxylation is 2. The zero-order valence-electron chi connectivity index (χ0n) is 7.86. The zero-order chi connectivity index (χ0) is 7.40. The van der Waals surface area contributed by atoms with Gasteiger partial charge in [0.1, 0.15) is 12.4 Å². The summed E-state index contributed by atoms with van der Waals surface area (Å²) in [5.74, 6) is 0. The van der Waals surface area contributed by atoms with E-state index in [-0.39, 0.29) is 23.1 Å². The third kappa shape index (κ3) is 4.51. The minimum Gasteiger partial charge on any atom is -0.344 e. The number of rotatable bonds is 3. The van der Waals surface area contributed by atoms with E-state index >= 15 is 0 Å². The molecule has 1 rings (SSSR count). The highest BCUT2D eigenvalue weighted by atomic mass is 79.9. The Morgan fingerprint density at radius 1 is 1.42 bits per heavy atom. The van der Waals surface area contributed by atoms with Crippen LogP contribution in [0.4, 0.5) is 0 Å². The second-order valence-corrected chi connectivity index (χ2v) is 2.67. The summed E-state index contributed by atoms with van der Waals surface area (Å²) in [6, 6.07) is 0. The number of imidazole rings is 1. The van der Waals surface area contributed by atoms with Gasteiger partial charge in [-0.1, -0.05) is 13.3 Å². The quantitative estimate of drug-likeness (QED) is 0.801. The molecule has 3 nitrogen and oxygen atoms in total. The van der Waals surface area contributed by atoms with E-state index in [1.165, 1.54) is 12.8 Å². The fraction of sp³-hybridized carbons (Fsp3) is 0.625. The summed E-state index contributed by atoms with van der Waals surface area (Å²) in [7, 11) is 2.04. The summed E-state index contributed by atoms with van der Waals surface area (Å²) in [4.78, 5) is 0. The Hall–Kier alpha value is -0.350. The van der Waals surface area contributed by atoms with Gasteiger partial charge < -0.3 is 6.15 Å². The van der Waals surface area contributed by atoms with Gasteiger partial charge in [-0.3, -0.25) is 0 Å². The van der Waals surface area contributed by atoms with Crippen molar-refractivity contribution in [3.8, 4) is 0 Å². The van der Waals surface area contributed by atoms with Crippen LogP contribution in [0.2, 0.25) is 0 Å². The van der Waals surface area contributed by atoms with Gasteiger partial charge in [0.2, 0.25) is 6.33 Å². The van der Waals surface area contributed by atoms with Gasteiger partial charge in [-0.05, 0) is 6.42 Å². The number of hydrogen-bond acceptors (Lipinski definition) is 1. The third-order valence-electron chi connectivity index (χ3n) is 1.59. The highest BCUT2D eigenvalue weighted by Gasteiger charge is 1.96.